The zero-order valence-corrected chi connectivity index (χ0v) is 22.3. The molecule has 0 atom stereocenters. The molecule has 3 aromatic rings. The number of aliphatic hydroxyl groups is 1. The summed E-state index contributed by atoms with van der Waals surface area (Å²) in [5.41, 5.74) is 6.63. The topological polar surface area (TPSA) is 50.2 Å². The van der Waals surface area contributed by atoms with Crippen molar-refractivity contribution in [1.82, 2.24) is 4.98 Å². The summed E-state index contributed by atoms with van der Waals surface area (Å²) in [4.78, 5) is 14.7. The Hall–Kier alpha value is -2.29. The molecule has 1 N–H and O–H groups in total. The fraction of sp³-hybridized carbons (Fsp3) is 0.379. The summed E-state index contributed by atoms with van der Waals surface area (Å²) in [5.74, 6) is 0.918. The van der Waals surface area contributed by atoms with Gasteiger partial charge >= 0.3 is 0 Å². The largest absolute Gasteiger partial charge is 0.512 e. The average Bonchev–Trinajstić information content (AvgIpc) is 3.34. The van der Waals surface area contributed by atoms with Crippen molar-refractivity contribution in [3.63, 3.8) is 0 Å². The summed E-state index contributed by atoms with van der Waals surface area (Å²) in [5, 5.41) is 10.9. The molecule has 2 aliphatic rings. The van der Waals surface area contributed by atoms with Crippen molar-refractivity contribution in [3.05, 3.63) is 77.2 Å². The van der Waals surface area contributed by atoms with Gasteiger partial charge in [0.25, 0.3) is 0 Å². The molecule has 2 fully saturated rings. The minimum atomic E-state index is -0.125. The van der Waals surface area contributed by atoms with Gasteiger partial charge in [0.15, 0.2) is 5.78 Å². The predicted octanol–water partition coefficient (Wildman–Crippen LogP) is 7.19. The number of aryl methyl sites for hydroxylation is 2. The number of hydrogen-bond acceptors (Lipinski definition) is 3. The Bertz CT molecular complexity index is 1170. The van der Waals surface area contributed by atoms with Gasteiger partial charge in [-0.05, 0) is 85.4 Å². The smallest absolute Gasteiger partial charge is 0.155 e. The van der Waals surface area contributed by atoms with Crippen molar-refractivity contribution in [2.75, 3.05) is 0 Å². The van der Waals surface area contributed by atoms with Crippen LogP contribution in [0.2, 0.25) is 0 Å². The second kappa shape index (κ2) is 10.3. The minimum absolute atomic E-state index is 0. The van der Waals surface area contributed by atoms with Crippen LogP contribution in [0, 0.1) is 25.8 Å². The van der Waals surface area contributed by atoms with E-state index in [2.05, 4.69) is 56.3 Å². The molecule has 5 rings (SSSR count). The Kier molecular flexibility index (Phi) is 7.92. The van der Waals surface area contributed by atoms with Crippen LogP contribution in [-0.2, 0) is 30.3 Å². The first-order valence-electron chi connectivity index (χ1n) is 11.5. The van der Waals surface area contributed by atoms with E-state index >= 15 is 0 Å². The van der Waals surface area contributed by atoms with E-state index in [4.69, 9.17) is 10.1 Å². The number of aliphatic hydroxyl groups excluding tert-OH is 1. The van der Waals surface area contributed by atoms with Crippen molar-refractivity contribution in [1.29, 1.82) is 0 Å². The molecule has 3 nitrogen and oxygen atoms in total. The van der Waals surface area contributed by atoms with Crippen LogP contribution in [0.4, 0.5) is 0 Å². The van der Waals surface area contributed by atoms with E-state index in [0.29, 0.717) is 5.41 Å². The number of aromatic nitrogens is 1. The molecule has 0 aliphatic heterocycles. The van der Waals surface area contributed by atoms with Crippen LogP contribution in [0.5, 0.6) is 0 Å². The monoisotopic (exact) mass is 619 g/mol. The standard InChI is InChI=1S/C24H24N.C5H8O2.Ir/c1-16-11-17(2)13-20(12-16)23-22-4-3-21(14-19(22)7-10-25-23)24-8-5-18(15-24)6-9-24;1-4(6)3-5(2)7;/h3-4,7,10-12,14,18H,5-6,8-9,15H2,1-2H3;3,6H,1-2H3;/q-1;;/b;4-3-;. The molecule has 175 valence electrons. The molecule has 1 heterocycles. The number of pyridine rings is 1. The summed E-state index contributed by atoms with van der Waals surface area (Å²) in [6, 6.07) is 17.1. The van der Waals surface area contributed by atoms with E-state index in [1.807, 2.05) is 6.20 Å². The van der Waals surface area contributed by atoms with E-state index in [-0.39, 0.29) is 31.6 Å². The van der Waals surface area contributed by atoms with Gasteiger partial charge in [-0.25, -0.2) is 0 Å². The number of fused-ring (bicyclic) bond motifs is 3. The molecule has 2 aliphatic carbocycles. The molecule has 4 heteroatoms. The number of benzene rings is 2. The van der Waals surface area contributed by atoms with E-state index in [1.54, 1.807) is 5.56 Å². The molecule has 1 radical (unpaired) electrons. The number of carbonyl (C=O) groups excluding carboxylic acids is 1. The molecule has 2 bridgehead atoms. The summed E-state index contributed by atoms with van der Waals surface area (Å²) >= 11 is 0. The fourth-order valence-electron chi connectivity index (χ4n) is 5.64. The summed E-state index contributed by atoms with van der Waals surface area (Å²) in [6.07, 6.45) is 10.1. The normalized spacial score (nSPS) is 21.3. The van der Waals surface area contributed by atoms with Crippen molar-refractivity contribution in [2.45, 2.75) is 65.2 Å². The van der Waals surface area contributed by atoms with Gasteiger partial charge in [-0.3, -0.25) is 4.79 Å². The zero-order valence-electron chi connectivity index (χ0n) is 19.9. The average molecular weight is 619 g/mol. The first-order chi connectivity index (χ1) is 15.3. The van der Waals surface area contributed by atoms with E-state index in [9.17, 15) is 4.79 Å². The summed E-state index contributed by atoms with van der Waals surface area (Å²) < 4.78 is 0. The summed E-state index contributed by atoms with van der Waals surface area (Å²) in [7, 11) is 0. The maximum atomic E-state index is 10.0. The van der Waals surface area contributed by atoms with Crippen molar-refractivity contribution in [3.8, 4) is 11.3 Å². The third kappa shape index (κ3) is 5.62. The van der Waals surface area contributed by atoms with Gasteiger partial charge < -0.3 is 10.1 Å². The Morgan fingerprint density at radius 2 is 1.85 bits per heavy atom. The molecule has 0 amide bonds. The molecule has 1 aromatic heterocycles. The van der Waals surface area contributed by atoms with Crippen LogP contribution in [0.3, 0.4) is 0 Å². The summed E-state index contributed by atoms with van der Waals surface area (Å²) in [6.45, 7) is 7.10. The van der Waals surface area contributed by atoms with Crippen molar-refractivity contribution in [2.24, 2.45) is 5.92 Å². The SMILES string of the molecule is CC(=O)/C=C(/C)O.Cc1[c-]c(-c2nccc3cc(C45CCC(CC4)C5)ccc23)cc(C)c1.[Ir]. The third-order valence-electron chi connectivity index (χ3n) is 6.93. The Morgan fingerprint density at radius 3 is 2.39 bits per heavy atom. The molecule has 33 heavy (non-hydrogen) atoms. The van der Waals surface area contributed by atoms with Crippen LogP contribution in [0.15, 0.2) is 54.4 Å². The molecule has 2 aromatic carbocycles. The number of allylic oxidation sites excluding steroid dienone is 2. The predicted molar refractivity (Wildman–Crippen MR) is 131 cm³/mol. The number of ketones is 1. The molecular formula is C29H32IrNO2-. The number of rotatable bonds is 3. The van der Waals surface area contributed by atoms with Gasteiger partial charge in [-0.2, -0.15) is 0 Å². The minimum Gasteiger partial charge on any atom is -0.512 e. The molecule has 0 saturated heterocycles. The van der Waals surface area contributed by atoms with E-state index in [0.717, 1.165) is 17.2 Å². The Morgan fingerprint density at radius 1 is 1.12 bits per heavy atom. The molecule has 2 saturated carbocycles. The second-order valence-corrected chi connectivity index (χ2v) is 9.67. The maximum absolute atomic E-state index is 10.0. The first-order valence-corrected chi connectivity index (χ1v) is 11.5. The maximum Gasteiger partial charge on any atom is 0.155 e. The van der Waals surface area contributed by atoms with Crippen LogP contribution in [0.1, 0.15) is 62.6 Å². The van der Waals surface area contributed by atoms with Gasteiger partial charge in [-0.15, -0.1) is 34.9 Å². The van der Waals surface area contributed by atoms with Crippen LogP contribution < -0.4 is 0 Å². The van der Waals surface area contributed by atoms with Gasteiger partial charge in [0.05, 0.1) is 5.76 Å². The quantitative estimate of drug-likeness (QED) is 0.192. The van der Waals surface area contributed by atoms with Crippen molar-refractivity contribution >= 4 is 16.6 Å². The third-order valence-corrected chi connectivity index (χ3v) is 6.93. The molecular weight excluding hydrogens is 587 g/mol. The molecule has 0 unspecified atom stereocenters. The number of hydrogen-bond donors (Lipinski definition) is 1. The van der Waals surface area contributed by atoms with Crippen LogP contribution in [0.25, 0.3) is 22.0 Å². The Labute approximate surface area is 210 Å². The van der Waals surface area contributed by atoms with Crippen LogP contribution in [-0.4, -0.2) is 15.9 Å². The van der Waals surface area contributed by atoms with Gasteiger partial charge in [0.2, 0.25) is 0 Å². The van der Waals surface area contributed by atoms with Gasteiger partial charge in [0, 0.05) is 32.4 Å². The van der Waals surface area contributed by atoms with Crippen molar-refractivity contribution < 1.29 is 30.0 Å². The molecule has 0 spiro atoms. The Balaban J connectivity index is 0.000000337. The number of nitrogens with zero attached hydrogens (tertiary/aromatic N) is 1. The first kappa shape index (κ1) is 25.3. The fourth-order valence-corrected chi connectivity index (χ4v) is 5.64. The van der Waals surface area contributed by atoms with Gasteiger partial charge in [0.1, 0.15) is 0 Å². The second-order valence-electron chi connectivity index (χ2n) is 9.67. The van der Waals surface area contributed by atoms with Gasteiger partial charge in [-0.1, -0.05) is 32.0 Å². The van der Waals surface area contributed by atoms with E-state index in [1.165, 1.54) is 73.9 Å². The number of carbonyl (C=O) groups is 1. The zero-order chi connectivity index (χ0) is 22.9. The van der Waals surface area contributed by atoms with Crippen LogP contribution >= 0.6 is 0 Å². The van der Waals surface area contributed by atoms with E-state index < -0.39 is 0 Å².